The Morgan fingerprint density at radius 2 is 1.67 bits per heavy atom. The maximum Gasteiger partial charge on any atom is 0.312 e. The number of amides is 1. The summed E-state index contributed by atoms with van der Waals surface area (Å²) in [5.41, 5.74) is -0.482. The van der Waals surface area contributed by atoms with Crippen LogP contribution in [0.5, 0.6) is 17.2 Å². The number of carboxylic acid groups (broad SMARTS) is 1. The number of halogens is 1. The van der Waals surface area contributed by atoms with Crippen molar-refractivity contribution in [2.24, 2.45) is 17.3 Å². The summed E-state index contributed by atoms with van der Waals surface area (Å²) in [6, 6.07) is 12.8. The summed E-state index contributed by atoms with van der Waals surface area (Å²) in [5, 5.41) is 11.1. The number of fused-ring (bicyclic) bond motifs is 1. The SMILES string of the molecule is CCCC(C)CN(CCC(C)CC)C(=O)CN1C[C@](C)(c2ccc3c(c2)OC(C)(C)O3)[C@@](C)(C(=O)O)[C@@H]1c1ccc(OC)cc1.Cl.[HH].[HH].[HH].[HH].[HH].[HH].[HH].[HH].[HH].[HH].[HH].[HH].[HH].[HH].[HH].[HH].[HH].[HH].[HH].[HH].[HH].[HH].[HH].[HH].[HH].[HH].[HH].[HH].[HH].[HH].[HH].[HH].[HH].[HH].[HH].[HH].[HH].[HH].[HH].[HH].[HH].[HH].[HH].[HH].[HH].[HH].[HH].[HH].[HH].[HH].[HH].[HH].[HH].[HH].[HH].[HH].[HH].[HH].[HH].[HH].[HH].[HH].[HH].[HH].[HH].[HH].[HH].[HH].[HH].[HH].[HH].[HH].[HH].[HH].[HH].[HH].[HH].[HH].[HH].[HH].[HH].[HH].[HH].[HH].[HH].[HH].[HH].[HH].[HH].[HH].[HH].[HH].[HH].[HH].[HH].[HH].[HH].[HH].[HH].[HH].[HH].[HH].[HH].[HH].[HH].[HH].[HH].[HH].[HH].[HH].[HH].[HH].[HH].[HH].[HH].[HH].[HH].[HH].[HH].[HH].[HH].[HH].[HH].[HH].[HH].[HH].[HH].[HH].[HH].[HH].[HH].[HH].[HH].[HH].[HH].[HH].[HH].[HH].[HH].[HH].[HH].[HH].[HH].[HH].[HH].[HH].[HH].[HH].[HH].[HH].[HH].[HH].[HH].[HH].[HH].[HH].[HH].[HH].[HH].[HH].[HH].[HH].[HH].[HH].[HH].[HH].[HH].[HH].[HH].[HH].[HH].[HH].[HH].[HH].[HH].[HH].[HH].[HH].[HH].[HH].[HH].[HH].[HH].[HH].[HH].[HH].[HH].[HH].[HH].[HH].[HH].[HH].[HH].[HH].[HH].[HH].[HH].[HH].[HH].[HH].[HH].[HH].[HH].[HH].[HH].[HH].[HH].[HH].[HH].[HH].[HH].[HH].[HH].[HH].[HH].[HH].[HH].[HH].[HH].[HH].[HH].[HH].[HH].[HH].[HH].[HH].[HH].[HH].[HH].[HH].[HH].[HH].[HH].[HH].[HH].[HH].[HH].[HH].[HH].[HH].[HH].[HH].[HH].[HH].[HH].[HH].[HH].[HH].[HH].[HH].[HH].[HH].[HH].[HH].[HH].[HH].[HH].[HH].[HH].[HH].[HH].[HH].[HH].[HH].[HH].[HH].[HH].[HH].[HH].[HH].[HH].[HH].[HH].[HH].[HH].[HH].[HH].[HH]. The molecule has 0 saturated carbocycles. The molecule has 5 atom stereocenters. The fourth-order valence-corrected chi connectivity index (χ4v) is 7.25. The van der Waals surface area contributed by atoms with Crippen LogP contribution in [0.1, 0.15) is 495 Å². The Morgan fingerprint density at radius 3 is 2.26 bits per heavy atom. The van der Waals surface area contributed by atoms with Crippen molar-refractivity contribution in [1.82, 2.24) is 9.80 Å². The van der Waals surface area contributed by atoms with Gasteiger partial charge in [-0.15, -0.1) is 12.4 Å². The molecular formula is C37H611ClN2O6. The smallest absolute Gasteiger partial charge is 0.312 e. The van der Waals surface area contributed by atoms with Gasteiger partial charge in [0.05, 0.1) is 25.1 Å². The average molecular weight is 1220 g/mol. The van der Waals surface area contributed by atoms with Gasteiger partial charge in [0.2, 0.25) is 11.7 Å². The Morgan fingerprint density at radius 1 is 1.02 bits per heavy atom. The molecule has 0 bridgehead atoms. The number of hydrogen-bond donors (Lipinski definition) is 1. The molecule has 2 aliphatic rings. The Labute approximate surface area is 695 Å². The second-order valence-electron chi connectivity index (χ2n) is 14.2. The first-order valence-corrected chi connectivity index (χ1v) is 16.6. The monoisotopic (exact) mass is 1220 g/mol. The molecule has 9 heteroatoms. The van der Waals surface area contributed by atoms with Crippen molar-refractivity contribution >= 4 is 24.3 Å². The first-order chi connectivity index (χ1) is 21.2. The summed E-state index contributed by atoms with van der Waals surface area (Å²) in [7, 11) is 1.61. The van der Waals surface area contributed by atoms with Crippen LogP contribution in [0, 0.1) is 17.3 Å². The van der Waals surface area contributed by atoms with Gasteiger partial charge in [-0.3, -0.25) is 14.5 Å². The number of carbonyl (C=O) groups excluding carboxylic acids is 1. The van der Waals surface area contributed by atoms with E-state index in [9.17, 15) is 14.7 Å². The molecule has 812 valence electrons. The van der Waals surface area contributed by atoms with E-state index in [0.29, 0.717) is 48.7 Å². The number of aliphatic carboxylic acids is 1. The Hall–Kier alpha value is -2.97. The summed E-state index contributed by atoms with van der Waals surface area (Å²) in [5.74, 6) is 1.18. The number of methoxy groups -OCH3 is 1. The van der Waals surface area contributed by atoms with Crippen LogP contribution in [-0.4, -0.2) is 65.9 Å². The molecule has 2 heterocycles. The molecule has 0 radical (unpaired) electrons. The van der Waals surface area contributed by atoms with Crippen molar-refractivity contribution in [3.8, 4) is 17.2 Å². The topological polar surface area (TPSA) is 88.5 Å². The summed E-state index contributed by atoms with van der Waals surface area (Å²) >= 11 is 0. The number of rotatable bonds is 14. The zero-order chi connectivity index (χ0) is 33.2. The van der Waals surface area contributed by atoms with E-state index >= 15 is 0 Å². The molecule has 1 amide bonds. The third-order valence-corrected chi connectivity index (χ3v) is 10.3. The molecule has 0 aliphatic carbocycles. The fourth-order valence-electron chi connectivity index (χ4n) is 7.25. The minimum Gasteiger partial charge on any atom is -0.497 e. The lowest BCUT2D eigenvalue weighted by Crippen LogP contribution is -2.47. The zero-order valence-electron chi connectivity index (χ0n) is 29.2. The highest BCUT2D eigenvalue weighted by Crippen LogP contribution is 2.59. The van der Waals surface area contributed by atoms with Crippen LogP contribution in [0.4, 0.5) is 0 Å². The summed E-state index contributed by atoms with van der Waals surface area (Å²) in [6.45, 7) is 18.3. The number of likely N-dealkylation sites (tertiary alicyclic amines) is 1. The van der Waals surface area contributed by atoms with Crippen molar-refractivity contribution in [1.29, 1.82) is 0 Å². The normalized spacial score (nSPS) is 24.6. The lowest BCUT2D eigenvalue weighted by Gasteiger charge is -2.41. The molecule has 8 nitrogen and oxygen atoms in total. The van der Waals surface area contributed by atoms with Crippen LogP contribution in [0.25, 0.3) is 0 Å². The maximum absolute atomic E-state index is 14.3. The molecule has 1 fully saturated rings. The predicted octanol–water partition coefficient (Wildman–Crippen LogP) is 76.1. The predicted molar refractivity (Wildman–Crippen MR) is 772 cm³/mol. The van der Waals surface area contributed by atoms with Gasteiger partial charge in [-0.2, -0.15) is 0 Å². The molecule has 2 aromatic carbocycles. The van der Waals surface area contributed by atoms with E-state index in [1.807, 2.05) is 75.1 Å². The molecule has 2 unspecified atom stereocenters. The molecule has 1 N–H and O–H groups in total. The quantitative estimate of drug-likeness (QED) is 0.202. The highest BCUT2D eigenvalue weighted by Gasteiger charge is 2.64. The lowest BCUT2D eigenvalue weighted by molar-refractivity contribution is -0.153. The third kappa shape index (κ3) is 7.44. The number of hydrogen-bond acceptors (Lipinski definition) is 6. The molecule has 1 saturated heterocycles. The van der Waals surface area contributed by atoms with Crippen molar-refractivity contribution in [3.63, 3.8) is 0 Å². The van der Waals surface area contributed by atoms with Crippen LogP contribution in [0.3, 0.4) is 0 Å². The summed E-state index contributed by atoms with van der Waals surface area (Å²) in [6.07, 6.45) is 4.14. The van der Waals surface area contributed by atoms with Gasteiger partial charge in [0.1, 0.15) is 5.75 Å². The van der Waals surface area contributed by atoms with E-state index in [1.54, 1.807) is 7.11 Å². The molecule has 0 aromatic heterocycles. The van der Waals surface area contributed by atoms with E-state index < -0.39 is 28.6 Å². The minimum atomic E-state index is -1.29. The van der Waals surface area contributed by atoms with E-state index in [2.05, 4.69) is 32.6 Å². The largest absolute Gasteiger partial charge is 0.497 e. The van der Waals surface area contributed by atoms with Gasteiger partial charge in [0, 0.05) is 436 Å². The number of carboxylic acids is 1. The summed E-state index contributed by atoms with van der Waals surface area (Å²) in [4.78, 5) is 31.9. The fraction of sp³-hybridized carbons (Fsp3) is 0.622. The second-order valence-corrected chi connectivity index (χ2v) is 14.2. The van der Waals surface area contributed by atoms with Crippen LogP contribution in [0.2, 0.25) is 0 Å². The molecular weight excluding hydrogens is 604 g/mol. The van der Waals surface area contributed by atoms with E-state index in [4.69, 9.17) is 14.2 Å². The Bertz CT molecular complexity index is 1540. The van der Waals surface area contributed by atoms with Crippen LogP contribution < -0.4 is 14.2 Å². The van der Waals surface area contributed by atoms with Gasteiger partial charge < -0.3 is 24.2 Å². The van der Waals surface area contributed by atoms with Crippen LogP contribution in [-0.2, 0) is 15.0 Å². The van der Waals surface area contributed by atoms with Gasteiger partial charge in [0.25, 0.3) is 0 Å². The molecule has 0 spiro atoms. The zero-order valence-corrected chi connectivity index (χ0v) is 30.0. The van der Waals surface area contributed by atoms with Crippen molar-refractivity contribution in [2.75, 3.05) is 33.3 Å². The number of benzene rings is 2. The molecule has 2 aromatic rings. The maximum atomic E-state index is 14.3. The first-order valence-electron chi connectivity index (χ1n) is 16.6. The van der Waals surface area contributed by atoms with Gasteiger partial charge >= 0.3 is 5.97 Å². The third-order valence-electron chi connectivity index (χ3n) is 10.3. The van der Waals surface area contributed by atoms with Gasteiger partial charge in [-0.05, 0) is 67.0 Å². The molecule has 46 heavy (non-hydrogen) atoms. The number of nitrogens with zero attached hydrogens (tertiary/aromatic N) is 2. The minimum absolute atomic E-state index is 0. The molecule has 2 aliphatic heterocycles. The van der Waals surface area contributed by atoms with Gasteiger partial charge in [-0.1, -0.05) is 65.7 Å². The number of carbonyl (C=O) groups is 2. The first kappa shape index (κ1) is 37.5. The highest BCUT2D eigenvalue weighted by molar-refractivity contribution is 5.85. The van der Waals surface area contributed by atoms with E-state index in [0.717, 1.165) is 36.8 Å². The second kappa shape index (κ2) is 14.8. The van der Waals surface area contributed by atoms with Crippen molar-refractivity contribution in [3.05, 3.63) is 53.6 Å². The Kier molecular flexibility index (Phi) is 12.1. The summed E-state index contributed by atoms with van der Waals surface area (Å²) < 4.78 is 17.4. The number of ether oxygens (including phenoxy) is 3. The van der Waals surface area contributed by atoms with Gasteiger partial charge in [0.15, 0.2) is 11.5 Å². The Balaban J connectivity index is -0.000000000301. The van der Waals surface area contributed by atoms with Crippen LogP contribution >= 0.6 is 12.4 Å². The van der Waals surface area contributed by atoms with Crippen LogP contribution in [0.15, 0.2) is 42.5 Å². The highest BCUT2D eigenvalue weighted by atomic mass is 35.5. The van der Waals surface area contributed by atoms with Crippen molar-refractivity contribution < 1.29 is 426 Å². The van der Waals surface area contributed by atoms with E-state index in [-0.39, 0.29) is 421 Å². The van der Waals surface area contributed by atoms with Gasteiger partial charge in [-0.25, -0.2) is 0 Å². The molecule has 4 rings (SSSR count). The average Bonchev–Trinajstić information content (AvgIpc) is 3.43. The standard InChI is InChI=1S/C37H54N2O6.ClH.278H2/c1-10-12-26(4)22-38(20-19-25(3)11-2)32(40)23-39-24-36(7,28-15-18-30-31(21-28)45-35(5,6)44-30)37(8,34(41)42)33(39)27-13-16-29(43-9)17-14-27;;;;;;;;;;;;;;;;;;;;;;;;;;;;;;;;;;;;;;;;;;;;;;;;;;;;;;;;;;;;;;;;;;;;;;;;;;;;;;;;;;;;;;;;;;;;;;;;;;;;;;;;;;;;;;;;;;;;;;;;;;;;;;;;;;;;;;;;;;;;;;;;;;;;;;;;;;;;;;;;;;;;;;;;;;;;;;;;;;;;;;;;;;;;;;;;;;;;;;;;;;;;;;;;;;;;;;;;;;;;;;;;;;;;;;;;;;;;;;;;;;;;;;;;;;;;;;;;;;;;;;;;;;;;;;;;;;;;;;;/h13-18,21,25-26,33H,10-12,19-20,22-24H2,1-9H3,(H,41,42);279*1H/t25?,26?,33-,36+,37+;;;;;;;;;;;;;;;;;;;;;;;;;;;;;;;;;;;;;;;;;;;;;;;;;;;;;;;;;;;;;;;;;;;;;;;;;;;;;;;;;;;;;;;;;;;;;;;;;;;;;;;;;;;;;;;;;;;;;;;;;;;;;;;;;;;;;;;;;;;;;;;;;;;;;;;;;;;;;;;;;;;;;;;;;;;;;;;;;;;;;;;;;;;;;;;;;;;;;;;;;;;;;;;;;;;;;;;;;;;;;;;;;;;;;;;;;;;;;;;;;;;;;;;;;;;;;;;;;;;;;;;;;;;;;;;;;;;;;;;/m0......................................................................................................................................................................................................................................................................................./s1. The van der Waals surface area contributed by atoms with Crippen molar-refractivity contribution in [2.45, 2.75) is 98.3 Å². The van der Waals surface area contributed by atoms with E-state index in [1.165, 1.54) is 0 Å². The lowest BCUT2D eigenvalue weighted by atomic mass is 9.60.